The predicted octanol–water partition coefficient (Wildman–Crippen LogP) is 2.48. The molecular formula is C15H22N2O3. The van der Waals surface area contributed by atoms with Crippen molar-refractivity contribution in [2.24, 2.45) is 11.8 Å². The van der Waals surface area contributed by atoms with E-state index in [4.69, 9.17) is 0 Å². The molecule has 2 N–H and O–H groups in total. The van der Waals surface area contributed by atoms with E-state index in [1.165, 1.54) is 18.9 Å². The molecule has 2 unspecified atom stereocenters. The molecule has 20 heavy (non-hydrogen) atoms. The van der Waals surface area contributed by atoms with E-state index in [1.54, 1.807) is 12.1 Å². The van der Waals surface area contributed by atoms with Crippen LogP contribution in [0.1, 0.15) is 31.2 Å². The number of hydrogen-bond acceptors (Lipinski definition) is 4. The molecule has 5 heteroatoms. The van der Waals surface area contributed by atoms with Crippen molar-refractivity contribution in [1.82, 2.24) is 5.32 Å². The summed E-state index contributed by atoms with van der Waals surface area (Å²) in [7, 11) is 0. The molecule has 0 heterocycles. The van der Waals surface area contributed by atoms with E-state index in [2.05, 4.69) is 5.32 Å². The maximum atomic E-state index is 10.9. The Kier molecular flexibility index (Phi) is 5.49. The number of nitrogens with zero attached hydrogens (tertiary/aromatic N) is 1. The highest BCUT2D eigenvalue weighted by molar-refractivity contribution is 5.39. The van der Waals surface area contributed by atoms with Crippen LogP contribution in [0.5, 0.6) is 0 Å². The lowest BCUT2D eigenvalue weighted by atomic mass is 9.79. The van der Waals surface area contributed by atoms with E-state index in [1.807, 2.05) is 6.07 Å². The van der Waals surface area contributed by atoms with Crippen molar-refractivity contribution in [1.29, 1.82) is 0 Å². The van der Waals surface area contributed by atoms with Crippen LogP contribution in [0.2, 0.25) is 0 Å². The molecular weight excluding hydrogens is 256 g/mol. The van der Waals surface area contributed by atoms with E-state index in [9.17, 15) is 15.2 Å². The van der Waals surface area contributed by atoms with Crippen molar-refractivity contribution in [3.63, 3.8) is 0 Å². The van der Waals surface area contributed by atoms with Gasteiger partial charge in [0.25, 0.3) is 5.69 Å². The SMILES string of the molecule is O=[N+]([O-])c1ccccc1CNCC1CCCCC1CO. The smallest absolute Gasteiger partial charge is 0.273 e. The third-order valence-corrected chi connectivity index (χ3v) is 4.21. The van der Waals surface area contributed by atoms with Crippen molar-refractivity contribution in [2.75, 3.05) is 13.2 Å². The van der Waals surface area contributed by atoms with E-state index in [-0.39, 0.29) is 17.2 Å². The molecule has 0 aromatic heterocycles. The molecule has 0 bridgehead atoms. The Morgan fingerprint density at radius 1 is 1.25 bits per heavy atom. The fourth-order valence-corrected chi connectivity index (χ4v) is 3.02. The molecule has 1 aliphatic carbocycles. The molecule has 0 spiro atoms. The van der Waals surface area contributed by atoms with Crippen LogP contribution in [0.4, 0.5) is 5.69 Å². The van der Waals surface area contributed by atoms with Gasteiger partial charge < -0.3 is 10.4 Å². The summed E-state index contributed by atoms with van der Waals surface area (Å²) in [5, 5.41) is 23.6. The second kappa shape index (κ2) is 7.36. The van der Waals surface area contributed by atoms with Gasteiger partial charge in [0.15, 0.2) is 0 Å². The third kappa shape index (κ3) is 3.77. The van der Waals surface area contributed by atoms with Gasteiger partial charge in [0, 0.05) is 24.8 Å². The fraction of sp³-hybridized carbons (Fsp3) is 0.600. The molecule has 1 aromatic carbocycles. The van der Waals surface area contributed by atoms with E-state index >= 15 is 0 Å². The Hall–Kier alpha value is -1.46. The van der Waals surface area contributed by atoms with Crippen LogP contribution in [0.3, 0.4) is 0 Å². The van der Waals surface area contributed by atoms with Gasteiger partial charge in [0.1, 0.15) is 0 Å². The zero-order valence-corrected chi connectivity index (χ0v) is 11.6. The van der Waals surface area contributed by atoms with Gasteiger partial charge in [-0.05, 0) is 31.2 Å². The molecule has 5 nitrogen and oxygen atoms in total. The number of benzene rings is 1. The summed E-state index contributed by atoms with van der Waals surface area (Å²) in [6.07, 6.45) is 4.64. The molecule has 1 saturated carbocycles. The van der Waals surface area contributed by atoms with Gasteiger partial charge in [-0.25, -0.2) is 0 Å². The summed E-state index contributed by atoms with van der Waals surface area (Å²) in [5.41, 5.74) is 0.885. The van der Waals surface area contributed by atoms with E-state index in [0.717, 1.165) is 19.4 Å². The lowest BCUT2D eigenvalue weighted by Gasteiger charge is -2.30. The van der Waals surface area contributed by atoms with Gasteiger partial charge in [0.2, 0.25) is 0 Å². The first-order valence-electron chi connectivity index (χ1n) is 7.26. The largest absolute Gasteiger partial charge is 0.396 e. The second-order valence-electron chi connectivity index (χ2n) is 5.50. The van der Waals surface area contributed by atoms with Crippen LogP contribution < -0.4 is 5.32 Å². The van der Waals surface area contributed by atoms with Gasteiger partial charge in [-0.1, -0.05) is 31.0 Å². The first kappa shape index (κ1) is 14.9. The molecule has 0 amide bonds. The van der Waals surface area contributed by atoms with Crippen molar-refractivity contribution < 1.29 is 10.0 Å². The minimum absolute atomic E-state index is 0.169. The number of nitro benzene ring substituents is 1. The second-order valence-corrected chi connectivity index (χ2v) is 5.50. The van der Waals surface area contributed by atoms with Gasteiger partial charge in [-0.15, -0.1) is 0 Å². The molecule has 0 saturated heterocycles. The van der Waals surface area contributed by atoms with Crippen LogP contribution >= 0.6 is 0 Å². The van der Waals surface area contributed by atoms with Crippen molar-refractivity contribution in [3.8, 4) is 0 Å². The predicted molar refractivity (Wildman–Crippen MR) is 77.3 cm³/mol. The number of aliphatic hydroxyl groups excluding tert-OH is 1. The number of hydrogen-bond donors (Lipinski definition) is 2. The molecule has 1 aliphatic rings. The first-order chi connectivity index (χ1) is 9.72. The minimum Gasteiger partial charge on any atom is -0.396 e. The van der Waals surface area contributed by atoms with Crippen LogP contribution in [-0.2, 0) is 6.54 Å². The third-order valence-electron chi connectivity index (χ3n) is 4.21. The first-order valence-corrected chi connectivity index (χ1v) is 7.26. The van der Waals surface area contributed by atoms with E-state index < -0.39 is 0 Å². The minimum atomic E-state index is -0.339. The average Bonchev–Trinajstić information content (AvgIpc) is 2.48. The fourth-order valence-electron chi connectivity index (χ4n) is 3.02. The quantitative estimate of drug-likeness (QED) is 0.619. The average molecular weight is 278 g/mol. The van der Waals surface area contributed by atoms with E-state index in [0.29, 0.717) is 23.9 Å². The Morgan fingerprint density at radius 3 is 2.65 bits per heavy atom. The maximum absolute atomic E-state index is 10.9. The molecule has 0 aliphatic heterocycles. The summed E-state index contributed by atoms with van der Waals surface area (Å²) in [6.45, 7) is 1.57. The van der Waals surface area contributed by atoms with Gasteiger partial charge >= 0.3 is 0 Å². The number of nitro groups is 1. The number of aliphatic hydroxyl groups is 1. The van der Waals surface area contributed by atoms with Crippen LogP contribution in [0, 0.1) is 22.0 Å². The number of rotatable bonds is 6. The molecule has 1 aromatic rings. The Balaban J connectivity index is 1.88. The summed E-state index contributed by atoms with van der Waals surface area (Å²) in [6, 6.07) is 6.83. The Labute approximate surface area is 119 Å². The standard InChI is InChI=1S/C15H22N2O3/c18-11-14-7-2-1-5-12(14)9-16-10-13-6-3-4-8-15(13)17(19)20/h3-4,6,8,12,14,16,18H,1-2,5,7,9-11H2. The topological polar surface area (TPSA) is 75.4 Å². The van der Waals surface area contributed by atoms with Crippen molar-refractivity contribution in [2.45, 2.75) is 32.2 Å². The zero-order chi connectivity index (χ0) is 14.4. The van der Waals surface area contributed by atoms with Gasteiger partial charge in [-0.3, -0.25) is 10.1 Å². The summed E-state index contributed by atoms with van der Waals surface area (Å²) in [5.74, 6) is 0.860. The number of nitrogens with one attached hydrogen (secondary N) is 1. The maximum Gasteiger partial charge on any atom is 0.273 e. The van der Waals surface area contributed by atoms with Crippen LogP contribution in [0.25, 0.3) is 0 Å². The molecule has 2 rings (SSSR count). The monoisotopic (exact) mass is 278 g/mol. The summed E-state index contributed by atoms with van der Waals surface area (Å²) in [4.78, 5) is 10.6. The lowest BCUT2D eigenvalue weighted by molar-refractivity contribution is -0.385. The highest BCUT2D eigenvalue weighted by Gasteiger charge is 2.24. The molecule has 1 fully saturated rings. The van der Waals surface area contributed by atoms with Crippen LogP contribution in [0.15, 0.2) is 24.3 Å². The Bertz CT molecular complexity index is 450. The van der Waals surface area contributed by atoms with Gasteiger partial charge in [-0.2, -0.15) is 0 Å². The normalized spacial score (nSPS) is 22.6. The molecule has 110 valence electrons. The highest BCUT2D eigenvalue weighted by Crippen LogP contribution is 2.29. The lowest BCUT2D eigenvalue weighted by Crippen LogP contribution is -2.32. The van der Waals surface area contributed by atoms with Gasteiger partial charge in [0.05, 0.1) is 4.92 Å². The van der Waals surface area contributed by atoms with Crippen molar-refractivity contribution in [3.05, 3.63) is 39.9 Å². The zero-order valence-electron chi connectivity index (χ0n) is 11.6. The van der Waals surface area contributed by atoms with Crippen LogP contribution in [-0.4, -0.2) is 23.2 Å². The summed E-state index contributed by atoms with van der Waals surface area (Å²) >= 11 is 0. The Morgan fingerprint density at radius 2 is 1.95 bits per heavy atom. The van der Waals surface area contributed by atoms with Crippen molar-refractivity contribution >= 4 is 5.69 Å². The highest BCUT2D eigenvalue weighted by atomic mass is 16.6. The molecule has 2 atom stereocenters. The number of para-hydroxylation sites is 1. The molecule has 0 radical (unpaired) electrons. The summed E-state index contributed by atoms with van der Waals surface area (Å²) < 4.78 is 0.